The van der Waals surface area contributed by atoms with Crippen LogP contribution in [0, 0.1) is 0 Å². The number of para-hydroxylation sites is 2. The van der Waals surface area contributed by atoms with E-state index in [-0.39, 0.29) is 0 Å². The van der Waals surface area contributed by atoms with E-state index in [2.05, 4.69) is 47.6 Å². The van der Waals surface area contributed by atoms with Gasteiger partial charge in [-0.25, -0.2) is 4.98 Å². The molecule has 2 fully saturated rings. The zero-order valence-corrected chi connectivity index (χ0v) is 13.5. The van der Waals surface area contributed by atoms with Crippen molar-refractivity contribution in [1.29, 1.82) is 0 Å². The molecule has 2 saturated heterocycles. The number of aromatic nitrogens is 2. The number of rotatable bonds is 3. The molecule has 0 radical (unpaired) electrons. The van der Waals surface area contributed by atoms with E-state index in [1.807, 2.05) is 0 Å². The van der Waals surface area contributed by atoms with Gasteiger partial charge in [-0.3, -0.25) is 4.90 Å². The van der Waals surface area contributed by atoms with Crippen molar-refractivity contribution < 1.29 is 4.74 Å². The average molecular weight is 299 g/mol. The molecule has 0 aliphatic carbocycles. The minimum atomic E-state index is 0.463. The van der Waals surface area contributed by atoms with Crippen LogP contribution in [0.2, 0.25) is 0 Å². The van der Waals surface area contributed by atoms with E-state index in [1.165, 1.54) is 24.2 Å². The molecule has 0 saturated carbocycles. The molecule has 3 heterocycles. The molecule has 4 heteroatoms. The molecule has 1 aromatic carbocycles. The van der Waals surface area contributed by atoms with Gasteiger partial charge in [0.15, 0.2) is 0 Å². The lowest BCUT2D eigenvalue weighted by Gasteiger charge is -2.46. The highest BCUT2D eigenvalue weighted by atomic mass is 16.5. The second-order valence-corrected chi connectivity index (χ2v) is 6.93. The number of imidazole rings is 1. The van der Waals surface area contributed by atoms with Gasteiger partial charge in [0, 0.05) is 38.3 Å². The van der Waals surface area contributed by atoms with E-state index in [4.69, 9.17) is 9.72 Å². The number of benzene rings is 1. The van der Waals surface area contributed by atoms with Crippen molar-refractivity contribution in [1.82, 2.24) is 14.5 Å². The summed E-state index contributed by atoms with van der Waals surface area (Å²) in [6, 6.07) is 9.85. The van der Waals surface area contributed by atoms with Crippen LogP contribution in [0.25, 0.3) is 11.0 Å². The average Bonchev–Trinajstić information content (AvgIpc) is 2.87. The van der Waals surface area contributed by atoms with E-state index in [1.54, 1.807) is 0 Å². The van der Waals surface area contributed by atoms with Gasteiger partial charge in [0.05, 0.1) is 17.1 Å². The predicted molar refractivity (Wildman–Crippen MR) is 88.3 cm³/mol. The summed E-state index contributed by atoms with van der Waals surface area (Å²) >= 11 is 0. The quantitative estimate of drug-likeness (QED) is 0.872. The van der Waals surface area contributed by atoms with Crippen molar-refractivity contribution in [3.05, 3.63) is 30.1 Å². The van der Waals surface area contributed by atoms with Gasteiger partial charge in [-0.05, 0) is 25.0 Å². The van der Waals surface area contributed by atoms with E-state index >= 15 is 0 Å². The fourth-order valence-corrected chi connectivity index (χ4v) is 3.85. The standard InChI is InChI=1S/C18H25N3O/c1-13(2)18-19-16-5-3-4-6-17(16)21(18)15-11-20(12-15)14-7-9-22-10-8-14/h3-6,13-15H,7-12H2,1-2H3. The second-order valence-electron chi connectivity index (χ2n) is 6.93. The number of fused-ring (bicyclic) bond motifs is 1. The molecule has 0 amide bonds. The maximum atomic E-state index is 5.48. The van der Waals surface area contributed by atoms with Crippen LogP contribution in [0.15, 0.2) is 24.3 Å². The molecule has 2 aromatic rings. The summed E-state index contributed by atoms with van der Waals surface area (Å²) in [6.07, 6.45) is 2.38. The van der Waals surface area contributed by atoms with Gasteiger partial charge >= 0.3 is 0 Å². The largest absolute Gasteiger partial charge is 0.381 e. The Morgan fingerprint density at radius 2 is 1.82 bits per heavy atom. The van der Waals surface area contributed by atoms with Crippen LogP contribution in [0.3, 0.4) is 0 Å². The van der Waals surface area contributed by atoms with Gasteiger partial charge in [-0.1, -0.05) is 26.0 Å². The Balaban J connectivity index is 1.58. The minimum Gasteiger partial charge on any atom is -0.381 e. The highest BCUT2D eigenvalue weighted by Gasteiger charge is 2.36. The smallest absolute Gasteiger partial charge is 0.112 e. The number of hydrogen-bond donors (Lipinski definition) is 0. The normalized spacial score (nSPS) is 21.6. The maximum Gasteiger partial charge on any atom is 0.112 e. The fourth-order valence-electron chi connectivity index (χ4n) is 3.85. The van der Waals surface area contributed by atoms with Crippen LogP contribution in [0.5, 0.6) is 0 Å². The first kappa shape index (κ1) is 14.2. The third-order valence-electron chi connectivity index (χ3n) is 5.10. The SMILES string of the molecule is CC(C)c1nc2ccccc2n1C1CN(C2CCOCC2)C1. The first-order chi connectivity index (χ1) is 10.7. The molecule has 0 unspecified atom stereocenters. The Morgan fingerprint density at radius 1 is 1.09 bits per heavy atom. The van der Waals surface area contributed by atoms with Crippen LogP contribution in [0.4, 0.5) is 0 Å². The molecular formula is C18H25N3O. The van der Waals surface area contributed by atoms with Crippen molar-refractivity contribution in [2.75, 3.05) is 26.3 Å². The van der Waals surface area contributed by atoms with Gasteiger partial charge in [-0.15, -0.1) is 0 Å². The first-order valence-corrected chi connectivity index (χ1v) is 8.52. The Hall–Kier alpha value is -1.39. The van der Waals surface area contributed by atoms with E-state index in [0.717, 1.165) is 37.9 Å². The second kappa shape index (κ2) is 5.67. The summed E-state index contributed by atoms with van der Waals surface area (Å²) in [5, 5.41) is 0. The van der Waals surface area contributed by atoms with Crippen LogP contribution in [-0.2, 0) is 4.74 Å². The number of ether oxygens (including phenoxy) is 1. The van der Waals surface area contributed by atoms with Gasteiger partial charge in [0.1, 0.15) is 5.82 Å². The lowest BCUT2D eigenvalue weighted by molar-refractivity contribution is -0.0111. The number of likely N-dealkylation sites (tertiary alicyclic amines) is 1. The van der Waals surface area contributed by atoms with Crippen molar-refractivity contribution >= 4 is 11.0 Å². The van der Waals surface area contributed by atoms with Gasteiger partial charge in [-0.2, -0.15) is 0 Å². The highest BCUT2D eigenvalue weighted by Crippen LogP contribution is 2.33. The topological polar surface area (TPSA) is 30.3 Å². The summed E-state index contributed by atoms with van der Waals surface area (Å²) in [5.41, 5.74) is 2.43. The molecule has 0 bridgehead atoms. The lowest BCUT2D eigenvalue weighted by Crippen LogP contribution is -2.54. The van der Waals surface area contributed by atoms with Crippen molar-refractivity contribution in [3.63, 3.8) is 0 Å². The summed E-state index contributed by atoms with van der Waals surface area (Å²) in [6.45, 7) is 8.66. The Morgan fingerprint density at radius 3 is 2.55 bits per heavy atom. The zero-order chi connectivity index (χ0) is 15.1. The van der Waals surface area contributed by atoms with Crippen LogP contribution in [0.1, 0.15) is 44.5 Å². The molecular weight excluding hydrogens is 274 g/mol. The molecule has 0 atom stereocenters. The first-order valence-electron chi connectivity index (χ1n) is 8.52. The molecule has 0 N–H and O–H groups in total. The van der Waals surface area contributed by atoms with E-state index in [0.29, 0.717) is 12.0 Å². The van der Waals surface area contributed by atoms with E-state index < -0.39 is 0 Å². The molecule has 118 valence electrons. The summed E-state index contributed by atoms with van der Waals surface area (Å²) in [7, 11) is 0. The molecule has 0 spiro atoms. The maximum absolute atomic E-state index is 5.48. The Bertz CT molecular complexity index is 651. The Kier molecular flexibility index (Phi) is 3.66. The van der Waals surface area contributed by atoms with Gasteiger partial charge < -0.3 is 9.30 Å². The molecule has 4 rings (SSSR count). The van der Waals surface area contributed by atoms with Crippen LogP contribution in [-0.4, -0.2) is 46.8 Å². The molecule has 4 nitrogen and oxygen atoms in total. The summed E-state index contributed by atoms with van der Waals surface area (Å²) in [5.74, 6) is 1.70. The van der Waals surface area contributed by atoms with E-state index in [9.17, 15) is 0 Å². The number of hydrogen-bond acceptors (Lipinski definition) is 3. The van der Waals surface area contributed by atoms with Gasteiger partial charge in [0.2, 0.25) is 0 Å². The third kappa shape index (κ3) is 2.34. The number of nitrogens with zero attached hydrogens (tertiary/aromatic N) is 3. The summed E-state index contributed by atoms with van der Waals surface area (Å²) in [4.78, 5) is 7.51. The minimum absolute atomic E-state index is 0.463. The third-order valence-corrected chi connectivity index (χ3v) is 5.10. The molecule has 2 aliphatic rings. The van der Waals surface area contributed by atoms with Crippen LogP contribution < -0.4 is 0 Å². The molecule has 2 aliphatic heterocycles. The summed E-state index contributed by atoms with van der Waals surface area (Å²) < 4.78 is 7.98. The predicted octanol–water partition coefficient (Wildman–Crippen LogP) is 3.20. The fraction of sp³-hybridized carbons (Fsp3) is 0.611. The van der Waals surface area contributed by atoms with Crippen molar-refractivity contribution in [2.24, 2.45) is 0 Å². The molecule has 22 heavy (non-hydrogen) atoms. The highest BCUT2D eigenvalue weighted by molar-refractivity contribution is 5.76. The van der Waals surface area contributed by atoms with Crippen molar-refractivity contribution in [3.8, 4) is 0 Å². The Labute approximate surface area is 132 Å². The molecule has 1 aromatic heterocycles. The monoisotopic (exact) mass is 299 g/mol. The zero-order valence-electron chi connectivity index (χ0n) is 13.5. The van der Waals surface area contributed by atoms with Crippen LogP contribution >= 0.6 is 0 Å². The lowest BCUT2D eigenvalue weighted by atomic mass is 9.99. The van der Waals surface area contributed by atoms with Crippen molar-refractivity contribution in [2.45, 2.75) is 44.7 Å². The van der Waals surface area contributed by atoms with Gasteiger partial charge in [0.25, 0.3) is 0 Å².